The number of alkyl carbamates (subject to hydrolysis) is 1. The lowest BCUT2D eigenvalue weighted by atomic mass is 10.1. The van der Waals surface area contributed by atoms with E-state index in [2.05, 4.69) is 34.2 Å². The Labute approximate surface area is 226 Å². The van der Waals surface area contributed by atoms with Gasteiger partial charge in [-0.2, -0.15) is 5.10 Å². The summed E-state index contributed by atoms with van der Waals surface area (Å²) in [6.45, 7) is 12.7. The van der Waals surface area contributed by atoms with Crippen molar-refractivity contribution in [3.05, 3.63) is 89.5 Å². The first kappa shape index (κ1) is 28.2. The fourth-order valence-corrected chi connectivity index (χ4v) is 3.36. The lowest BCUT2D eigenvalue weighted by Crippen LogP contribution is -2.32. The van der Waals surface area contributed by atoms with Gasteiger partial charge in [-0.25, -0.2) is 4.79 Å². The molecule has 1 heterocycles. The normalized spacial score (nSPS) is 10.9. The number of halogens is 1. The molecule has 3 amide bonds. The van der Waals surface area contributed by atoms with Crippen molar-refractivity contribution in [2.75, 3.05) is 10.6 Å². The van der Waals surface area contributed by atoms with Crippen molar-refractivity contribution in [3.8, 4) is 11.3 Å². The number of benzene rings is 2. The zero-order valence-corrected chi connectivity index (χ0v) is 22.5. The summed E-state index contributed by atoms with van der Waals surface area (Å²) >= 11 is 5.72. The predicted octanol–water partition coefficient (Wildman–Crippen LogP) is 5.61. The number of hydrogen-bond donors (Lipinski definition) is 3. The van der Waals surface area contributed by atoms with Crippen molar-refractivity contribution in [1.82, 2.24) is 15.1 Å². The maximum atomic E-state index is 12.9. The highest BCUT2D eigenvalue weighted by atomic mass is 35.5. The Hall–Kier alpha value is -4.37. The van der Waals surface area contributed by atoms with Crippen LogP contribution in [0.2, 0.25) is 0 Å². The molecule has 10 heteroatoms. The lowest BCUT2D eigenvalue weighted by Gasteiger charge is -2.19. The monoisotopic (exact) mass is 535 g/mol. The molecule has 9 nitrogen and oxygen atoms in total. The molecule has 1 aromatic heterocycles. The first-order chi connectivity index (χ1) is 17.8. The van der Waals surface area contributed by atoms with Crippen LogP contribution in [0.1, 0.15) is 36.7 Å². The molecule has 0 atom stereocenters. The number of hydrogen-bond acceptors (Lipinski definition) is 5. The standard InChI is InChI=1S/C28H30ClN5O4/c1-17(18(2)29)25(35)31-22-12-10-20(11-13-22)23-15-24(34(6)33-23)32-26(36)21-9-7-8-19(14-21)16-30-27(37)38-28(3,4)5/h7-15H,1-2,16H2,3-6H3,(H,30,37)(H,31,35)(H,32,36). The van der Waals surface area contributed by atoms with Crippen molar-refractivity contribution >= 4 is 41.0 Å². The summed E-state index contributed by atoms with van der Waals surface area (Å²) in [4.78, 5) is 36.9. The molecular formula is C28H30ClN5O4. The van der Waals surface area contributed by atoms with Gasteiger partial charge in [0.15, 0.2) is 0 Å². The summed E-state index contributed by atoms with van der Waals surface area (Å²) < 4.78 is 6.80. The molecule has 3 N–H and O–H groups in total. The van der Waals surface area contributed by atoms with Crippen molar-refractivity contribution in [1.29, 1.82) is 0 Å². The van der Waals surface area contributed by atoms with E-state index in [0.29, 0.717) is 22.8 Å². The average Bonchev–Trinajstić information content (AvgIpc) is 3.21. The number of anilines is 2. The minimum atomic E-state index is -0.596. The minimum Gasteiger partial charge on any atom is -0.444 e. The molecule has 0 aliphatic rings. The molecule has 198 valence electrons. The quantitative estimate of drug-likeness (QED) is 0.256. The minimum absolute atomic E-state index is 0.0753. The van der Waals surface area contributed by atoms with Crippen molar-refractivity contribution < 1.29 is 19.1 Å². The Morgan fingerprint density at radius 3 is 2.34 bits per heavy atom. The second-order valence-electron chi connectivity index (χ2n) is 9.46. The number of carbonyl (C=O) groups is 3. The van der Waals surface area contributed by atoms with Crippen LogP contribution in [-0.4, -0.2) is 33.3 Å². The third-order valence-corrected chi connectivity index (χ3v) is 5.41. The van der Waals surface area contributed by atoms with Crippen molar-refractivity contribution in [3.63, 3.8) is 0 Å². The molecule has 3 aromatic rings. The Kier molecular flexibility index (Phi) is 8.75. The number of aromatic nitrogens is 2. The van der Waals surface area contributed by atoms with Crippen LogP contribution in [-0.2, 0) is 23.1 Å². The number of carbonyl (C=O) groups excluding carboxylic acids is 3. The van der Waals surface area contributed by atoms with Gasteiger partial charge < -0.3 is 20.7 Å². The molecule has 0 radical (unpaired) electrons. The van der Waals surface area contributed by atoms with Crippen LogP contribution in [0.25, 0.3) is 11.3 Å². The highest BCUT2D eigenvalue weighted by molar-refractivity contribution is 6.35. The van der Waals surface area contributed by atoms with Gasteiger partial charge >= 0.3 is 6.09 Å². The Morgan fingerprint density at radius 2 is 1.71 bits per heavy atom. The first-order valence-electron chi connectivity index (χ1n) is 11.7. The maximum Gasteiger partial charge on any atom is 0.407 e. The highest BCUT2D eigenvalue weighted by Crippen LogP contribution is 2.24. The fraction of sp³-hybridized carbons (Fsp3) is 0.214. The average molecular weight is 536 g/mol. The summed E-state index contributed by atoms with van der Waals surface area (Å²) in [5.41, 5.74) is 2.65. The Balaban J connectivity index is 1.65. The summed E-state index contributed by atoms with van der Waals surface area (Å²) in [6.07, 6.45) is -0.531. The molecule has 0 aliphatic heterocycles. The third-order valence-electron chi connectivity index (χ3n) is 5.19. The van der Waals surface area contributed by atoms with Gasteiger partial charge in [0.25, 0.3) is 11.8 Å². The first-order valence-corrected chi connectivity index (χ1v) is 12.1. The van der Waals surface area contributed by atoms with Crippen LogP contribution in [0.15, 0.2) is 78.4 Å². The SMILES string of the molecule is C=C(Cl)C(=C)C(=O)Nc1ccc(-c2cc(NC(=O)c3cccc(CNC(=O)OC(C)(C)C)c3)n(C)n2)cc1. The number of rotatable bonds is 8. The summed E-state index contributed by atoms with van der Waals surface area (Å²) in [6, 6.07) is 15.7. The maximum absolute atomic E-state index is 12.9. The molecule has 0 saturated carbocycles. The van der Waals surface area contributed by atoms with E-state index in [1.165, 1.54) is 0 Å². The van der Waals surface area contributed by atoms with Crippen molar-refractivity contribution in [2.24, 2.45) is 7.05 Å². The van der Waals surface area contributed by atoms with E-state index in [0.717, 1.165) is 11.1 Å². The van der Waals surface area contributed by atoms with Gasteiger partial charge in [0.05, 0.1) is 11.3 Å². The van der Waals surface area contributed by atoms with Gasteiger partial charge in [-0.1, -0.05) is 49.0 Å². The van der Waals surface area contributed by atoms with Crippen LogP contribution in [0.5, 0.6) is 0 Å². The molecule has 0 fully saturated rings. The second kappa shape index (κ2) is 11.8. The van der Waals surface area contributed by atoms with Gasteiger partial charge in [-0.15, -0.1) is 0 Å². The Bertz CT molecular complexity index is 1390. The van der Waals surface area contributed by atoms with E-state index < -0.39 is 17.6 Å². The lowest BCUT2D eigenvalue weighted by molar-refractivity contribution is -0.112. The molecule has 0 aliphatic carbocycles. The number of amides is 3. The van der Waals surface area contributed by atoms with E-state index in [-0.39, 0.29) is 23.1 Å². The topological polar surface area (TPSA) is 114 Å². The van der Waals surface area contributed by atoms with E-state index in [1.54, 1.807) is 81.0 Å². The summed E-state index contributed by atoms with van der Waals surface area (Å²) in [7, 11) is 1.72. The van der Waals surface area contributed by atoms with E-state index in [9.17, 15) is 14.4 Å². The van der Waals surface area contributed by atoms with Crippen LogP contribution >= 0.6 is 11.6 Å². The summed E-state index contributed by atoms with van der Waals surface area (Å²) in [5.74, 6) is -0.264. The van der Waals surface area contributed by atoms with Crippen LogP contribution < -0.4 is 16.0 Å². The number of ether oxygens (including phenoxy) is 1. The molecule has 0 saturated heterocycles. The van der Waals surface area contributed by atoms with Crippen molar-refractivity contribution in [2.45, 2.75) is 32.9 Å². The largest absolute Gasteiger partial charge is 0.444 e. The fourth-order valence-electron chi connectivity index (χ4n) is 3.28. The van der Waals surface area contributed by atoms with Gasteiger partial charge in [-0.3, -0.25) is 14.3 Å². The molecular weight excluding hydrogens is 506 g/mol. The van der Waals surface area contributed by atoms with Gasteiger partial charge in [0.1, 0.15) is 11.4 Å². The zero-order valence-electron chi connectivity index (χ0n) is 21.7. The summed E-state index contributed by atoms with van der Waals surface area (Å²) in [5, 5.41) is 12.8. The molecule has 3 rings (SSSR count). The predicted molar refractivity (Wildman–Crippen MR) is 149 cm³/mol. The number of aryl methyl sites for hydroxylation is 1. The Morgan fingerprint density at radius 1 is 1.03 bits per heavy atom. The second-order valence-corrected chi connectivity index (χ2v) is 9.92. The van der Waals surface area contributed by atoms with E-state index in [1.807, 2.05) is 6.07 Å². The highest BCUT2D eigenvalue weighted by Gasteiger charge is 2.17. The van der Waals surface area contributed by atoms with E-state index in [4.69, 9.17) is 16.3 Å². The van der Waals surface area contributed by atoms with Gasteiger partial charge in [0.2, 0.25) is 0 Å². The number of nitrogens with zero attached hydrogens (tertiary/aromatic N) is 2. The smallest absolute Gasteiger partial charge is 0.407 e. The molecule has 0 unspecified atom stereocenters. The van der Waals surface area contributed by atoms with Crippen LogP contribution in [0.3, 0.4) is 0 Å². The zero-order chi connectivity index (χ0) is 28.0. The van der Waals surface area contributed by atoms with Gasteiger partial charge in [-0.05, 0) is 50.6 Å². The van der Waals surface area contributed by atoms with Crippen LogP contribution in [0.4, 0.5) is 16.3 Å². The molecule has 0 spiro atoms. The molecule has 0 bridgehead atoms. The number of nitrogens with one attached hydrogen (secondary N) is 3. The van der Waals surface area contributed by atoms with Crippen LogP contribution in [0, 0.1) is 0 Å². The van der Waals surface area contributed by atoms with Gasteiger partial charge in [0, 0.05) is 41.5 Å². The van der Waals surface area contributed by atoms with E-state index >= 15 is 0 Å². The third kappa shape index (κ3) is 7.81. The molecule has 2 aromatic carbocycles. The molecule has 38 heavy (non-hydrogen) atoms.